The summed E-state index contributed by atoms with van der Waals surface area (Å²) in [6, 6.07) is 12.8. The molecule has 26 heavy (non-hydrogen) atoms. The Morgan fingerprint density at radius 1 is 1.23 bits per heavy atom. The number of carbonyl (C=O) groups excluding carboxylic acids is 2. The lowest BCUT2D eigenvalue weighted by Crippen LogP contribution is -2.24. The summed E-state index contributed by atoms with van der Waals surface area (Å²) in [5.41, 5.74) is 0.677. The van der Waals surface area contributed by atoms with Crippen molar-refractivity contribution in [3.8, 4) is 0 Å². The number of ether oxygens (including phenoxy) is 1. The van der Waals surface area contributed by atoms with E-state index in [1.807, 2.05) is 37.3 Å². The molecule has 1 unspecified atom stereocenters. The Morgan fingerprint density at radius 3 is 2.54 bits per heavy atom. The van der Waals surface area contributed by atoms with Crippen LogP contribution in [0.2, 0.25) is 5.02 Å². The monoisotopic (exact) mass is 376 g/mol. The van der Waals surface area contributed by atoms with Crippen LogP contribution < -0.4 is 5.32 Å². The molecule has 2 aromatic carbocycles. The van der Waals surface area contributed by atoms with Crippen molar-refractivity contribution in [2.75, 3.05) is 11.9 Å². The van der Waals surface area contributed by atoms with Crippen molar-refractivity contribution in [2.24, 2.45) is 0 Å². The average Bonchev–Trinajstić information content (AvgIpc) is 2.63. The van der Waals surface area contributed by atoms with Crippen molar-refractivity contribution in [3.63, 3.8) is 0 Å². The van der Waals surface area contributed by atoms with Crippen molar-refractivity contribution in [3.05, 3.63) is 69.2 Å². The van der Waals surface area contributed by atoms with E-state index in [9.17, 15) is 19.7 Å². The summed E-state index contributed by atoms with van der Waals surface area (Å²) in [6.07, 6.45) is 0.529. The molecule has 0 saturated carbocycles. The number of benzene rings is 2. The number of halogens is 1. The Labute approximate surface area is 155 Å². The molecule has 0 aliphatic heterocycles. The lowest BCUT2D eigenvalue weighted by atomic mass is 9.97. The van der Waals surface area contributed by atoms with Crippen LogP contribution in [0.3, 0.4) is 0 Å². The molecule has 8 heteroatoms. The van der Waals surface area contributed by atoms with Gasteiger partial charge in [-0.1, -0.05) is 48.9 Å². The standard InChI is InChI=1S/C18H17ClN2O5/c1-2-14(12-6-4-3-5-7-12)18(23)26-11-17(22)20-16-10-13(21(24)25)8-9-15(16)19/h3-10,14H,2,11H2,1H3,(H,20,22). The second-order valence-electron chi connectivity index (χ2n) is 5.45. The summed E-state index contributed by atoms with van der Waals surface area (Å²) in [5.74, 6) is -1.62. The van der Waals surface area contributed by atoms with Gasteiger partial charge in [-0.3, -0.25) is 19.7 Å². The number of hydrogen-bond donors (Lipinski definition) is 1. The van der Waals surface area contributed by atoms with Gasteiger partial charge in [-0.15, -0.1) is 0 Å². The van der Waals surface area contributed by atoms with E-state index in [2.05, 4.69) is 5.32 Å². The third-order valence-electron chi connectivity index (χ3n) is 3.68. The number of non-ortho nitro benzene ring substituents is 1. The van der Waals surface area contributed by atoms with Crippen LogP contribution in [-0.2, 0) is 14.3 Å². The molecule has 0 bridgehead atoms. The molecule has 0 heterocycles. The number of amides is 1. The molecule has 7 nitrogen and oxygen atoms in total. The molecule has 0 fully saturated rings. The van der Waals surface area contributed by atoms with E-state index in [0.29, 0.717) is 6.42 Å². The Morgan fingerprint density at radius 2 is 1.92 bits per heavy atom. The Hall–Kier alpha value is -2.93. The molecular formula is C18H17ClN2O5. The highest BCUT2D eigenvalue weighted by atomic mass is 35.5. The zero-order valence-corrected chi connectivity index (χ0v) is 14.7. The average molecular weight is 377 g/mol. The van der Waals surface area contributed by atoms with Gasteiger partial charge in [0.25, 0.3) is 11.6 Å². The van der Waals surface area contributed by atoms with Crippen LogP contribution in [0.5, 0.6) is 0 Å². The molecule has 2 rings (SSSR count). The van der Waals surface area contributed by atoms with E-state index >= 15 is 0 Å². The van der Waals surface area contributed by atoms with Crippen molar-refractivity contribution in [2.45, 2.75) is 19.3 Å². The quantitative estimate of drug-likeness (QED) is 0.448. The minimum Gasteiger partial charge on any atom is -0.455 e. The Kier molecular flexibility index (Phi) is 6.68. The summed E-state index contributed by atoms with van der Waals surface area (Å²) in [4.78, 5) is 34.4. The van der Waals surface area contributed by atoms with Gasteiger partial charge in [0.15, 0.2) is 6.61 Å². The van der Waals surface area contributed by atoms with Crippen molar-refractivity contribution in [1.82, 2.24) is 0 Å². The third-order valence-corrected chi connectivity index (χ3v) is 4.00. The molecule has 1 N–H and O–H groups in total. The number of esters is 1. The zero-order chi connectivity index (χ0) is 19.1. The van der Waals surface area contributed by atoms with E-state index < -0.39 is 29.3 Å². The van der Waals surface area contributed by atoms with E-state index in [1.165, 1.54) is 12.1 Å². The Balaban J connectivity index is 1.97. The van der Waals surface area contributed by atoms with Crippen LogP contribution in [0, 0.1) is 10.1 Å². The van der Waals surface area contributed by atoms with Gasteiger partial charge in [0.05, 0.1) is 21.6 Å². The van der Waals surface area contributed by atoms with Crippen LogP contribution in [-0.4, -0.2) is 23.4 Å². The van der Waals surface area contributed by atoms with E-state index in [0.717, 1.165) is 11.6 Å². The van der Waals surface area contributed by atoms with E-state index in [1.54, 1.807) is 0 Å². The summed E-state index contributed by atoms with van der Waals surface area (Å²) in [6.45, 7) is 1.34. The molecule has 1 atom stereocenters. The maximum atomic E-state index is 12.2. The summed E-state index contributed by atoms with van der Waals surface area (Å²) in [7, 11) is 0. The van der Waals surface area contributed by atoms with Gasteiger partial charge in [-0.05, 0) is 18.1 Å². The first-order valence-electron chi connectivity index (χ1n) is 7.87. The fourth-order valence-electron chi connectivity index (χ4n) is 2.37. The van der Waals surface area contributed by atoms with Crippen LogP contribution >= 0.6 is 11.6 Å². The lowest BCUT2D eigenvalue weighted by molar-refractivity contribution is -0.384. The van der Waals surface area contributed by atoms with E-state index in [-0.39, 0.29) is 16.4 Å². The molecule has 0 saturated heterocycles. The summed E-state index contributed by atoms with van der Waals surface area (Å²) < 4.78 is 5.07. The van der Waals surface area contributed by atoms with Gasteiger partial charge in [0.2, 0.25) is 0 Å². The van der Waals surface area contributed by atoms with Gasteiger partial charge in [-0.2, -0.15) is 0 Å². The molecule has 0 radical (unpaired) electrons. The predicted octanol–water partition coefficient (Wildman–Crippen LogP) is 3.92. The molecule has 0 spiro atoms. The molecule has 0 aliphatic rings. The van der Waals surface area contributed by atoms with Crippen LogP contribution in [0.15, 0.2) is 48.5 Å². The second-order valence-corrected chi connectivity index (χ2v) is 5.86. The fraction of sp³-hybridized carbons (Fsp3) is 0.222. The van der Waals surface area contributed by atoms with Gasteiger partial charge in [0.1, 0.15) is 0 Å². The van der Waals surface area contributed by atoms with E-state index in [4.69, 9.17) is 16.3 Å². The first kappa shape index (κ1) is 19.4. The molecule has 0 aliphatic carbocycles. The largest absolute Gasteiger partial charge is 0.455 e. The number of nitro benzene ring substituents is 1. The van der Waals surface area contributed by atoms with Crippen LogP contribution in [0.25, 0.3) is 0 Å². The van der Waals surface area contributed by atoms with Gasteiger partial charge < -0.3 is 10.1 Å². The highest BCUT2D eigenvalue weighted by Gasteiger charge is 2.21. The van der Waals surface area contributed by atoms with Crippen LogP contribution in [0.4, 0.5) is 11.4 Å². The second kappa shape index (κ2) is 8.96. The minimum atomic E-state index is -0.635. The normalized spacial score (nSPS) is 11.5. The van der Waals surface area contributed by atoms with Crippen LogP contribution in [0.1, 0.15) is 24.8 Å². The van der Waals surface area contributed by atoms with Gasteiger partial charge >= 0.3 is 5.97 Å². The van der Waals surface area contributed by atoms with Crippen molar-refractivity contribution < 1.29 is 19.2 Å². The maximum absolute atomic E-state index is 12.2. The highest BCUT2D eigenvalue weighted by molar-refractivity contribution is 6.33. The number of hydrogen-bond acceptors (Lipinski definition) is 5. The number of nitrogens with one attached hydrogen (secondary N) is 1. The first-order valence-corrected chi connectivity index (χ1v) is 8.25. The predicted molar refractivity (Wildman–Crippen MR) is 97.2 cm³/mol. The van der Waals surface area contributed by atoms with Crippen molar-refractivity contribution >= 4 is 34.9 Å². The summed E-state index contributed by atoms with van der Waals surface area (Å²) in [5, 5.41) is 13.3. The fourth-order valence-corrected chi connectivity index (χ4v) is 2.53. The number of rotatable bonds is 7. The van der Waals surface area contributed by atoms with Crippen molar-refractivity contribution in [1.29, 1.82) is 0 Å². The first-order chi connectivity index (χ1) is 12.4. The number of nitro groups is 1. The molecule has 0 aromatic heterocycles. The topological polar surface area (TPSA) is 98.5 Å². The molecular weight excluding hydrogens is 360 g/mol. The molecule has 1 amide bonds. The number of carbonyl (C=O) groups is 2. The third kappa shape index (κ3) is 5.03. The molecule has 136 valence electrons. The number of nitrogens with zero attached hydrogens (tertiary/aromatic N) is 1. The lowest BCUT2D eigenvalue weighted by Gasteiger charge is -2.14. The smallest absolute Gasteiger partial charge is 0.313 e. The van der Waals surface area contributed by atoms with Gasteiger partial charge in [-0.25, -0.2) is 0 Å². The maximum Gasteiger partial charge on any atom is 0.313 e. The van der Waals surface area contributed by atoms with Gasteiger partial charge in [0, 0.05) is 12.1 Å². The zero-order valence-electron chi connectivity index (χ0n) is 14.0. The summed E-state index contributed by atoms with van der Waals surface area (Å²) >= 11 is 5.92. The molecule has 2 aromatic rings. The number of anilines is 1. The minimum absolute atomic E-state index is 0.0806. The SMILES string of the molecule is CCC(C(=O)OCC(=O)Nc1cc([N+](=O)[O-])ccc1Cl)c1ccccc1. The Bertz CT molecular complexity index is 810. The highest BCUT2D eigenvalue weighted by Crippen LogP contribution is 2.26.